The van der Waals surface area contributed by atoms with Crippen molar-refractivity contribution < 1.29 is 85.6 Å². The van der Waals surface area contributed by atoms with Crippen molar-refractivity contribution in [1.82, 2.24) is 25.6 Å². The Balaban J connectivity index is 1.09. The normalized spacial score (nSPS) is 19.7. The Labute approximate surface area is 347 Å². The van der Waals surface area contributed by atoms with Gasteiger partial charge in [0.25, 0.3) is 5.79 Å². The standard InChI is InChI=1S/C39H40F5N5O13/c40-29-30(41)32(43)36(33(44)31(29)42)61-28(55)10-12-59-13-11-49-17-23(47-48-49)22-8-6-20(7-9-22)14-26(53)45-16-25(52)35(56)37-34(46-27(54)18-50)24(51)15-39(62-37,38(57)58)60-19-21-4-2-1-3-5-21/h1-9,17,24-25,34-35,37,50-52,56H,10-16,18-19H2,(H,45,53)(H,46,54)(H,57,58)/t24-,25+,34+,35+,37+,39+/m0/s1. The number of aliphatic hydroxyl groups excluding tert-OH is 4. The zero-order valence-corrected chi connectivity index (χ0v) is 32.3. The van der Waals surface area contributed by atoms with Gasteiger partial charge in [0.05, 0.1) is 63.7 Å². The fourth-order valence-electron chi connectivity index (χ4n) is 6.12. The number of carboxylic acid groups (broad SMARTS) is 1. The molecule has 2 amide bonds. The molecule has 1 saturated heterocycles. The van der Waals surface area contributed by atoms with Gasteiger partial charge in [-0.3, -0.25) is 14.4 Å². The molecule has 1 aromatic heterocycles. The van der Waals surface area contributed by atoms with Crippen LogP contribution in [0.1, 0.15) is 24.0 Å². The number of halogens is 5. The summed E-state index contributed by atoms with van der Waals surface area (Å²) in [7, 11) is 0. The van der Waals surface area contributed by atoms with Crippen LogP contribution in [-0.2, 0) is 53.0 Å². The second-order valence-electron chi connectivity index (χ2n) is 13.8. The molecule has 2 heterocycles. The number of hydrogen-bond acceptors (Lipinski definition) is 14. The highest BCUT2D eigenvalue weighted by molar-refractivity contribution is 5.79. The Bertz CT molecular complexity index is 2170. The van der Waals surface area contributed by atoms with E-state index < -0.39 is 121 Å². The molecule has 334 valence electrons. The SMILES string of the molecule is O=C(Cc1ccc(-c2cn(CCOCCC(=O)Oc3c(F)c(F)c(F)c(F)c3F)nn2)cc1)NC[C@@H](O)[C@@H](O)[C@@H]1O[C@@](OCc2ccccc2)(C(=O)O)C[C@H](O)[C@H]1NC(=O)CO. The number of nitrogens with zero attached hydrogens (tertiary/aromatic N) is 3. The molecule has 0 radical (unpaired) electrons. The second kappa shape index (κ2) is 21.2. The fourth-order valence-corrected chi connectivity index (χ4v) is 6.12. The van der Waals surface area contributed by atoms with Crippen LogP contribution >= 0.6 is 0 Å². The van der Waals surface area contributed by atoms with Crippen molar-refractivity contribution in [3.8, 4) is 17.0 Å². The quantitative estimate of drug-likeness (QED) is 0.0161. The number of aliphatic hydroxyl groups is 4. The van der Waals surface area contributed by atoms with Crippen LogP contribution < -0.4 is 15.4 Å². The van der Waals surface area contributed by atoms with Crippen LogP contribution in [0.25, 0.3) is 11.3 Å². The maximum atomic E-state index is 13.7. The first kappa shape index (κ1) is 47.1. The summed E-state index contributed by atoms with van der Waals surface area (Å²) in [6, 6.07) is 13.4. The first-order chi connectivity index (χ1) is 29.5. The van der Waals surface area contributed by atoms with Gasteiger partial charge in [0.15, 0.2) is 0 Å². The van der Waals surface area contributed by atoms with Crippen molar-refractivity contribution in [3.63, 3.8) is 0 Å². The van der Waals surface area contributed by atoms with Crippen molar-refractivity contribution in [1.29, 1.82) is 0 Å². The molecule has 1 aliphatic rings. The molecule has 4 aromatic rings. The number of carbonyl (C=O) groups excluding carboxylic acids is 3. The smallest absolute Gasteiger partial charge is 0.364 e. The summed E-state index contributed by atoms with van der Waals surface area (Å²) in [6.45, 7) is -2.09. The predicted octanol–water partition coefficient (Wildman–Crippen LogP) is 0.658. The Hall–Kier alpha value is -5.95. The molecule has 7 N–H and O–H groups in total. The Morgan fingerprint density at radius 2 is 1.56 bits per heavy atom. The maximum Gasteiger partial charge on any atom is 0.364 e. The Kier molecular flexibility index (Phi) is 16.1. The zero-order chi connectivity index (χ0) is 45.1. The molecule has 0 bridgehead atoms. The molecule has 62 heavy (non-hydrogen) atoms. The average Bonchev–Trinajstić information content (AvgIpc) is 3.74. The van der Waals surface area contributed by atoms with E-state index >= 15 is 0 Å². The van der Waals surface area contributed by atoms with E-state index in [0.717, 1.165) is 0 Å². The molecule has 0 aliphatic carbocycles. The number of nitrogens with one attached hydrogen (secondary N) is 2. The lowest BCUT2D eigenvalue weighted by Crippen LogP contribution is -2.68. The molecule has 3 aromatic carbocycles. The Morgan fingerprint density at radius 3 is 2.21 bits per heavy atom. The van der Waals surface area contributed by atoms with Gasteiger partial charge in [-0.15, -0.1) is 5.10 Å². The molecule has 1 fully saturated rings. The van der Waals surface area contributed by atoms with Crippen LogP contribution in [0.4, 0.5) is 22.0 Å². The number of ether oxygens (including phenoxy) is 4. The first-order valence-corrected chi connectivity index (χ1v) is 18.6. The van der Waals surface area contributed by atoms with Crippen LogP contribution in [0.2, 0.25) is 0 Å². The number of carbonyl (C=O) groups is 4. The van der Waals surface area contributed by atoms with E-state index in [1.807, 2.05) is 0 Å². The molecule has 6 atom stereocenters. The summed E-state index contributed by atoms with van der Waals surface area (Å²) < 4.78 is 89.6. The Morgan fingerprint density at radius 1 is 0.903 bits per heavy atom. The number of aliphatic carboxylic acids is 1. The van der Waals surface area contributed by atoms with E-state index in [2.05, 4.69) is 25.7 Å². The van der Waals surface area contributed by atoms with Gasteiger partial charge >= 0.3 is 11.9 Å². The van der Waals surface area contributed by atoms with Gasteiger partial charge in [0, 0.05) is 18.5 Å². The zero-order valence-electron chi connectivity index (χ0n) is 32.3. The van der Waals surface area contributed by atoms with Crippen molar-refractivity contribution in [2.45, 2.75) is 68.7 Å². The van der Waals surface area contributed by atoms with E-state index in [-0.39, 0.29) is 32.8 Å². The minimum absolute atomic E-state index is 0.0266. The van der Waals surface area contributed by atoms with Crippen molar-refractivity contribution in [2.75, 3.05) is 26.4 Å². The lowest BCUT2D eigenvalue weighted by molar-refractivity contribution is -0.314. The molecular weight excluding hydrogens is 841 g/mol. The summed E-state index contributed by atoms with van der Waals surface area (Å²) in [5.41, 5.74) is 2.09. The van der Waals surface area contributed by atoms with Crippen LogP contribution in [0, 0.1) is 29.1 Å². The molecule has 18 nitrogen and oxygen atoms in total. The van der Waals surface area contributed by atoms with E-state index in [1.165, 1.54) is 4.68 Å². The molecule has 5 rings (SSSR count). The topological polar surface area (TPSA) is 261 Å². The molecule has 23 heteroatoms. The van der Waals surface area contributed by atoms with E-state index in [9.17, 15) is 66.7 Å². The largest absolute Gasteiger partial charge is 0.477 e. The van der Waals surface area contributed by atoms with Crippen molar-refractivity contribution >= 4 is 23.8 Å². The number of benzene rings is 3. The van der Waals surface area contributed by atoms with Gasteiger partial charge in [-0.05, 0) is 11.1 Å². The third-order valence-electron chi connectivity index (χ3n) is 9.38. The van der Waals surface area contributed by atoms with Crippen LogP contribution in [0.3, 0.4) is 0 Å². The van der Waals surface area contributed by atoms with Gasteiger partial charge in [-0.2, -0.15) is 8.78 Å². The highest BCUT2D eigenvalue weighted by Crippen LogP contribution is 2.34. The number of rotatable bonds is 20. The van der Waals surface area contributed by atoms with Gasteiger partial charge in [0.2, 0.25) is 46.6 Å². The number of esters is 1. The van der Waals surface area contributed by atoms with Gasteiger partial charge in [-0.25, -0.2) is 22.6 Å². The number of aromatic nitrogens is 3. The maximum absolute atomic E-state index is 13.7. The number of amides is 2. The summed E-state index contributed by atoms with van der Waals surface area (Å²) in [4.78, 5) is 49.2. The number of carboxylic acids is 1. The minimum atomic E-state index is -2.53. The molecule has 0 saturated carbocycles. The third kappa shape index (κ3) is 11.7. The lowest BCUT2D eigenvalue weighted by Gasteiger charge is -2.46. The monoisotopic (exact) mass is 881 g/mol. The summed E-state index contributed by atoms with van der Waals surface area (Å²) in [6.07, 6.45) is -7.25. The van der Waals surface area contributed by atoms with Gasteiger partial charge in [0.1, 0.15) is 24.5 Å². The molecular formula is C39H40F5N5O13. The summed E-state index contributed by atoms with van der Waals surface area (Å²) >= 11 is 0. The molecule has 0 spiro atoms. The van der Waals surface area contributed by atoms with Crippen LogP contribution in [0.5, 0.6) is 5.75 Å². The first-order valence-electron chi connectivity index (χ1n) is 18.6. The third-order valence-corrected chi connectivity index (χ3v) is 9.38. The number of hydrogen-bond donors (Lipinski definition) is 7. The van der Waals surface area contributed by atoms with E-state index in [0.29, 0.717) is 22.4 Å². The highest BCUT2D eigenvalue weighted by atomic mass is 19.2. The van der Waals surface area contributed by atoms with Crippen LogP contribution in [0.15, 0.2) is 60.8 Å². The molecule has 0 unspecified atom stereocenters. The van der Waals surface area contributed by atoms with Gasteiger partial charge < -0.3 is 55.1 Å². The second-order valence-corrected chi connectivity index (χ2v) is 13.8. The minimum Gasteiger partial charge on any atom is -0.477 e. The fraction of sp³-hybridized carbons (Fsp3) is 0.385. The van der Waals surface area contributed by atoms with Gasteiger partial charge in [-0.1, -0.05) is 59.8 Å². The summed E-state index contributed by atoms with van der Waals surface area (Å²) in [5.74, 6) is -20.3. The van der Waals surface area contributed by atoms with Crippen molar-refractivity contribution in [3.05, 3.63) is 101 Å². The van der Waals surface area contributed by atoms with E-state index in [4.69, 9.17) is 14.2 Å². The summed E-state index contributed by atoms with van der Waals surface area (Å²) in [5, 5.41) is 65.1. The average molecular weight is 882 g/mol. The van der Waals surface area contributed by atoms with Crippen LogP contribution in [-0.4, -0.2) is 127 Å². The van der Waals surface area contributed by atoms with Crippen molar-refractivity contribution in [2.24, 2.45) is 0 Å². The molecule has 1 aliphatic heterocycles. The van der Waals surface area contributed by atoms with E-state index in [1.54, 1.807) is 60.8 Å². The predicted molar refractivity (Wildman–Crippen MR) is 198 cm³/mol. The lowest BCUT2D eigenvalue weighted by atomic mass is 9.88. The highest BCUT2D eigenvalue weighted by Gasteiger charge is 2.56.